The van der Waals surface area contributed by atoms with E-state index in [1.54, 1.807) is 6.92 Å². The van der Waals surface area contributed by atoms with Crippen molar-refractivity contribution in [1.82, 2.24) is 9.80 Å². The normalized spacial score (nSPS) is 27.4. The molecule has 2 atom stereocenters. The highest BCUT2D eigenvalue weighted by atomic mass is 16.4. The Morgan fingerprint density at radius 2 is 2.18 bits per heavy atom. The van der Waals surface area contributed by atoms with E-state index in [4.69, 9.17) is 10.8 Å². The molecular formula is C12H25N3O2. The highest BCUT2D eigenvalue weighted by Gasteiger charge is 2.29. The number of hydrogen-bond donors (Lipinski definition) is 2. The van der Waals surface area contributed by atoms with Crippen LogP contribution in [-0.2, 0) is 4.79 Å². The molecule has 1 heterocycles. The molecule has 1 fully saturated rings. The molecule has 5 nitrogen and oxygen atoms in total. The van der Waals surface area contributed by atoms with Crippen molar-refractivity contribution < 1.29 is 9.90 Å². The molecule has 100 valence electrons. The molecule has 0 aromatic carbocycles. The summed E-state index contributed by atoms with van der Waals surface area (Å²) in [4.78, 5) is 15.6. The molecule has 3 N–H and O–H groups in total. The van der Waals surface area contributed by atoms with Gasteiger partial charge in [0.25, 0.3) is 0 Å². The zero-order valence-corrected chi connectivity index (χ0v) is 11.1. The molecule has 5 heteroatoms. The van der Waals surface area contributed by atoms with Gasteiger partial charge in [-0.1, -0.05) is 0 Å². The Hall–Kier alpha value is -0.650. The number of carbonyl (C=O) groups is 1. The summed E-state index contributed by atoms with van der Waals surface area (Å²) < 4.78 is 0. The van der Waals surface area contributed by atoms with Gasteiger partial charge in [-0.2, -0.15) is 0 Å². The van der Waals surface area contributed by atoms with Gasteiger partial charge >= 0.3 is 5.97 Å². The lowest BCUT2D eigenvalue weighted by atomic mass is 9.99. The van der Waals surface area contributed by atoms with Gasteiger partial charge in [-0.15, -0.1) is 0 Å². The molecule has 17 heavy (non-hydrogen) atoms. The van der Waals surface area contributed by atoms with Gasteiger partial charge in [-0.25, -0.2) is 0 Å². The molecule has 0 aromatic rings. The van der Waals surface area contributed by atoms with Gasteiger partial charge in [-0.3, -0.25) is 9.69 Å². The van der Waals surface area contributed by atoms with E-state index in [0.29, 0.717) is 12.5 Å². The van der Waals surface area contributed by atoms with Gasteiger partial charge in [-0.05, 0) is 46.8 Å². The lowest BCUT2D eigenvalue weighted by Gasteiger charge is -2.30. The van der Waals surface area contributed by atoms with Gasteiger partial charge in [0.2, 0.25) is 0 Å². The second-order valence-corrected chi connectivity index (χ2v) is 5.47. The van der Waals surface area contributed by atoms with Crippen molar-refractivity contribution in [3.05, 3.63) is 0 Å². The van der Waals surface area contributed by atoms with Crippen LogP contribution >= 0.6 is 0 Å². The van der Waals surface area contributed by atoms with Crippen molar-refractivity contribution in [2.24, 2.45) is 5.73 Å². The maximum absolute atomic E-state index is 10.9. The Kier molecular flexibility index (Phi) is 4.91. The van der Waals surface area contributed by atoms with Gasteiger partial charge in [0, 0.05) is 19.1 Å². The number of carboxylic acids is 1. The summed E-state index contributed by atoms with van der Waals surface area (Å²) in [5.74, 6) is -0.919. The summed E-state index contributed by atoms with van der Waals surface area (Å²) >= 11 is 0. The number of rotatable bonds is 4. The van der Waals surface area contributed by atoms with Crippen molar-refractivity contribution >= 4 is 5.97 Å². The van der Waals surface area contributed by atoms with Crippen molar-refractivity contribution in [2.75, 3.05) is 33.2 Å². The fraction of sp³-hybridized carbons (Fsp3) is 0.917. The molecule has 1 aliphatic heterocycles. The molecule has 1 rings (SSSR count). The first-order valence-corrected chi connectivity index (χ1v) is 6.28. The monoisotopic (exact) mass is 243 g/mol. The molecule has 1 saturated heterocycles. The van der Waals surface area contributed by atoms with Gasteiger partial charge in [0.05, 0.1) is 0 Å². The summed E-state index contributed by atoms with van der Waals surface area (Å²) in [6.45, 7) is 7.71. The number of hydrogen-bond acceptors (Lipinski definition) is 4. The Labute approximate surface area is 104 Å². The van der Waals surface area contributed by atoms with Crippen LogP contribution in [0.25, 0.3) is 0 Å². The summed E-state index contributed by atoms with van der Waals surface area (Å²) in [6, 6.07) is 0.465. The lowest BCUT2D eigenvalue weighted by Crippen LogP contribution is -2.48. The number of nitrogens with zero attached hydrogens (tertiary/aromatic N) is 2. The van der Waals surface area contributed by atoms with E-state index >= 15 is 0 Å². The predicted octanol–water partition coefficient (Wildman–Crippen LogP) is 0.205. The molecule has 0 radical (unpaired) electrons. The van der Waals surface area contributed by atoms with Crippen molar-refractivity contribution in [3.63, 3.8) is 0 Å². The SMILES string of the molecule is CC1CN(C)CCCN1CCC(C)(N)C(=O)O. The standard InChI is InChI=1S/C12H25N3O2/c1-10-9-14(3)6-4-7-15(10)8-5-12(2,13)11(16)17/h10H,4-9,13H2,1-3H3,(H,16,17). The number of likely N-dealkylation sites (N-methyl/N-ethyl adjacent to an activating group) is 1. The fourth-order valence-corrected chi connectivity index (χ4v) is 2.24. The molecule has 2 unspecified atom stereocenters. The summed E-state index contributed by atoms with van der Waals surface area (Å²) in [7, 11) is 2.13. The van der Waals surface area contributed by atoms with E-state index in [1.165, 1.54) is 0 Å². The highest BCUT2D eigenvalue weighted by Crippen LogP contribution is 2.13. The van der Waals surface area contributed by atoms with E-state index in [2.05, 4.69) is 23.8 Å². The second kappa shape index (κ2) is 5.80. The van der Waals surface area contributed by atoms with Crippen LogP contribution in [0.2, 0.25) is 0 Å². The van der Waals surface area contributed by atoms with Crippen LogP contribution in [-0.4, -0.2) is 65.7 Å². The van der Waals surface area contributed by atoms with Crippen LogP contribution in [0.15, 0.2) is 0 Å². The minimum absolute atomic E-state index is 0.465. The zero-order chi connectivity index (χ0) is 13.1. The van der Waals surface area contributed by atoms with Crippen LogP contribution in [0.5, 0.6) is 0 Å². The van der Waals surface area contributed by atoms with E-state index in [1.807, 2.05) is 0 Å². The maximum Gasteiger partial charge on any atom is 0.323 e. The number of carboxylic acid groups (broad SMARTS) is 1. The minimum Gasteiger partial charge on any atom is -0.480 e. The Balaban J connectivity index is 2.48. The third kappa shape index (κ3) is 4.26. The molecule has 0 amide bonds. The number of nitrogens with two attached hydrogens (primary N) is 1. The van der Waals surface area contributed by atoms with Crippen LogP contribution in [0.1, 0.15) is 26.7 Å². The third-order valence-corrected chi connectivity index (χ3v) is 3.59. The molecular weight excluding hydrogens is 218 g/mol. The maximum atomic E-state index is 10.9. The van der Waals surface area contributed by atoms with Gasteiger partial charge in [0.15, 0.2) is 0 Å². The quantitative estimate of drug-likeness (QED) is 0.738. The van der Waals surface area contributed by atoms with Crippen molar-refractivity contribution in [2.45, 2.75) is 38.3 Å². The Morgan fingerprint density at radius 3 is 2.76 bits per heavy atom. The first-order chi connectivity index (χ1) is 7.83. The number of aliphatic carboxylic acids is 1. The summed E-state index contributed by atoms with van der Waals surface area (Å²) in [6.07, 6.45) is 1.63. The average molecular weight is 243 g/mol. The molecule has 0 saturated carbocycles. The molecule has 0 bridgehead atoms. The second-order valence-electron chi connectivity index (χ2n) is 5.47. The van der Waals surface area contributed by atoms with Crippen LogP contribution in [0.3, 0.4) is 0 Å². The first kappa shape index (κ1) is 14.4. The molecule has 0 aliphatic carbocycles. The largest absolute Gasteiger partial charge is 0.480 e. The molecule has 0 aromatic heterocycles. The smallest absolute Gasteiger partial charge is 0.323 e. The molecule has 0 spiro atoms. The summed E-state index contributed by atoms with van der Waals surface area (Å²) in [5.41, 5.74) is 4.64. The van der Waals surface area contributed by atoms with Gasteiger partial charge in [0.1, 0.15) is 5.54 Å². The van der Waals surface area contributed by atoms with Crippen molar-refractivity contribution in [1.29, 1.82) is 0 Å². The molecule has 1 aliphatic rings. The van der Waals surface area contributed by atoms with E-state index in [-0.39, 0.29) is 0 Å². The van der Waals surface area contributed by atoms with Crippen LogP contribution in [0.4, 0.5) is 0 Å². The van der Waals surface area contributed by atoms with Crippen LogP contribution in [0, 0.1) is 0 Å². The van der Waals surface area contributed by atoms with Crippen LogP contribution < -0.4 is 5.73 Å². The summed E-state index contributed by atoms with van der Waals surface area (Å²) in [5, 5.41) is 8.98. The Bertz CT molecular complexity index is 268. The first-order valence-electron chi connectivity index (χ1n) is 6.28. The Morgan fingerprint density at radius 1 is 1.53 bits per heavy atom. The van der Waals surface area contributed by atoms with E-state index < -0.39 is 11.5 Å². The highest BCUT2D eigenvalue weighted by molar-refractivity contribution is 5.77. The predicted molar refractivity (Wildman–Crippen MR) is 68.0 cm³/mol. The van der Waals surface area contributed by atoms with Gasteiger partial charge < -0.3 is 15.7 Å². The third-order valence-electron chi connectivity index (χ3n) is 3.59. The minimum atomic E-state index is -1.11. The van der Waals surface area contributed by atoms with Crippen molar-refractivity contribution in [3.8, 4) is 0 Å². The lowest BCUT2D eigenvalue weighted by molar-refractivity contribution is -0.143. The van der Waals surface area contributed by atoms with E-state index in [9.17, 15) is 4.79 Å². The van der Waals surface area contributed by atoms with E-state index in [0.717, 1.165) is 32.6 Å². The zero-order valence-electron chi connectivity index (χ0n) is 11.1. The fourth-order valence-electron chi connectivity index (χ4n) is 2.24. The average Bonchev–Trinajstić information content (AvgIpc) is 2.36. The topological polar surface area (TPSA) is 69.8 Å².